The van der Waals surface area contributed by atoms with Crippen molar-refractivity contribution in [1.29, 1.82) is 0 Å². The summed E-state index contributed by atoms with van der Waals surface area (Å²) in [6.45, 7) is 0. The number of rotatable bonds is 6. The molecule has 2 aromatic rings. The summed E-state index contributed by atoms with van der Waals surface area (Å²) < 4.78 is 0. The smallest absolute Gasteiger partial charge is 0.271 e. The summed E-state index contributed by atoms with van der Waals surface area (Å²) in [5, 5.41) is 14.6. The molecule has 126 valence electrons. The molecule has 1 amide bonds. The number of amides is 1. The zero-order valence-electron chi connectivity index (χ0n) is 12.1. The maximum atomic E-state index is 12.0. The third-order valence-corrected chi connectivity index (χ3v) is 4.84. The SMILES string of the molecule is O=C(CSCc1ccc(Cl)cc1Cl)Nc1cc([N+](=O)[O-])ccc1Cl. The third-order valence-electron chi connectivity index (χ3n) is 2.94. The van der Waals surface area contributed by atoms with Crippen LogP contribution < -0.4 is 5.32 Å². The van der Waals surface area contributed by atoms with E-state index >= 15 is 0 Å². The topological polar surface area (TPSA) is 72.2 Å². The minimum absolute atomic E-state index is 0.143. The summed E-state index contributed by atoms with van der Waals surface area (Å²) in [4.78, 5) is 22.2. The first kappa shape index (κ1) is 18.9. The van der Waals surface area contributed by atoms with Gasteiger partial charge in [0.05, 0.1) is 21.4 Å². The maximum absolute atomic E-state index is 12.0. The standard InChI is InChI=1S/C15H11Cl3N2O3S/c16-10-2-1-9(13(18)5-10)7-24-8-15(21)19-14-6-11(20(22)23)3-4-12(14)17/h1-6H,7-8H2,(H,19,21). The lowest BCUT2D eigenvalue weighted by Gasteiger charge is -2.08. The van der Waals surface area contributed by atoms with Crippen molar-refractivity contribution in [2.24, 2.45) is 0 Å². The van der Waals surface area contributed by atoms with E-state index < -0.39 is 4.92 Å². The number of carbonyl (C=O) groups excluding carboxylic acids is 1. The summed E-state index contributed by atoms with van der Waals surface area (Å²) in [6, 6.07) is 9.04. The van der Waals surface area contributed by atoms with Gasteiger partial charge in [0.25, 0.3) is 5.69 Å². The molecule has 0 aliphatic carbocycles. The van der Waals surface area contributed by atoms with Crippen LogP contribution >= 0.6 is 46.6 Å². The molecule has 0 saturated heterocycles. The Morgan fingerprint density at radius 3 is 2.54 bits per heavy atom. The van der Waals surface area contributed by atoms with Gasteiger partial charge in [0.1, 0.15) is 0 Å². The number of nitro groups is 1. The molecule has 0 bridgehead atoms. The summed E-state index contributed by atoms with van der Waals surface area (Å²) in [5.74, 6) is 0.372. The highest BCUT2D eigenvalue weighted by molar-refractivity contribution is 7.99. The number of hydrogen-bond acceptors (Lipinski definition) is 4. The molecule has 0 saturated carbocycles. The summed E-state index contributed by atoms with van der Waals surface area (Å²) in [6.07, 6.45) is 0. The molecule has 2 aromatic carbocycles. The number of nitro benzene ring substituents is 1. The molecule has 24 heavy (non-hydrogen) atoms. The van der Waals surface area contributed by atoms with Crippen molar-refractivity contribution < 1.29 is 9.72 Å². The number of nitrogens with one attached hydrogen (secondary N) is 1. The Hall–Kier alpha value is -1.47. The molecule has 0 fully saturated rings. The molecule has 0 radical (unpaired) electrons. The van der Waals surface area contributed by atoms with E-state index in [1.165, 1.54) is 30.0 Å². The van der Waals surface area contributed by atoms with Crippen LogP contribution in [0.1, 0.15) is 5.56 Å². The van der Waals surface area contributed by atoms with E-state index in [0.29, 0.717) is 15.8 Å². The number of hydrogen-bond donors (Lipinski definition) is 1. The highest BCUT2D eigenvalue weighted by Gasteiger charge is 2.12. The van der Waals surface area contributed by atoms with Gasteiger partial charge >= 0.3 is 0 Å². The van der Waals surface area contributed by atoms with Crippen molar-refractivity contribution in [3.05, 3.63) is 67.1 Å². The van der Waals surface area contributed by atoms with Gasteiger partial charge in [-0.1, -0.05) is 40.9 Å². The van der Waals surface area contributed by atoms with Gasteiger partial charge in [-0.2, -0.15) is 0 Å². The van der Waals surface area contributed by atoms with Gasteiger partial charge in [-0.25, -0.2) is 0 Å². The molecule has 0 aliphatic heterocycles. The predicted molar refractivity (Wildman–Crippen MR) is 99.4 cm³/mol. The van der Waals surface area contributed by atoms with Gasteiger partial charge in [0.2, 0.25) is 5.91 Å². The number of benzene rings is 2. The van der Waals surface area contributed by atoms with Crippen molar-refractivity contribution in [2.45, 2.75) is 5.75 Å². The number of halogens is 3. The van der Waals surface area contributed by atoms with Crippen molar-refractivity contribution in [3.63, 3.8) is 0 Å². The Morgan fingerprint density at radius 2 is 1.88 bits per heavy atom. The number of nitrogens with zero attached hydrogens (tertiary/aromatic N) is 1. The second-order valence-electron chi connectivity index (χ2n) is 4.70. The second-order valence-corrected chi connectivity index (χ2v) is 6.93. The first-order valence-electron chi connectivity index (χ1n) is 6.62. The molecule has 9 heteroatoms. The summed E-state index contributed by atoms with van der Waals surface area (Å²) in [5.41, 5.74) is 0.934. The molecular formula is C15H11Cl3N2O3S. The van der Waals surface area contributed by atoms with Crippen LogP contribution in [-0.2, 0) is 10.5 Å². The fourth-order valence-corrected chi connectivity index (χ4v) is 3.35. The van der Waals surface area contributed by atoms with Crippen LogP contribution in [0.15, 0.2) is 36.4 Å². The van der Waals surface area contributed by atoms with E-state index in [4.69, 9.17) is 34.8 Å². The molecule has 0 atom stereocenters. The third kappa shape index (κ3) is 5.27. The highest BCUT2D eigenvalue weighted by atomic mass is 35.5. The van der Waals surface area contributed by atoms with Crippen molar-refractivity contribution in [3.8, 4) is 0 Å². The minimum atomic E-state index is -0.552. The van der Waals surface area contributed by atoms with Gasteiger partial charge in [-0.3, -0.25) is 14.9 Å². The van der Waals surface area contributed by atoms with Crippen molar-refractivity contribution in [2.75, 3.05) is 11.1 Å². The Kier molecular flexibility index (Phi) is 6.74. The summed E-state index contributed by atoms with van der Waals surface area (Å²) >= 11 is 19.2. The van der Waals surface area contributed by atoms with Crippen LogP contribution in [0, 0.1) is 10.1 Å². The molecule has 0 aromatic heterocycles. The van der Waals surface area contributed by atoms with Crippen LogP contribution in [0.3, 0.4) is 0 Å². The monoisotopic (exact) mass is 404 g/mol. The van der Waals surface area contributed by atoms with E-state index in [9.17, 15) is 14.9 Å². The lowest BCUT2D eigenvalue weighted by Crippen LogP contribution is -2.14. The fraction of sp³-hybridized carbons (Fsp3) is 0.133. The van der Waals surface area contributed by atoms with Gasteiger partial charge < -0.3 is 5.32 Å². The van der Waals surface area contributed by atoms with E-state index in [0.717, 1.165) is 5.56 Å². The number of non-ortho nitro benzene ring substituents is 1. The van der Waals surface area contributed by atoms with Crippen LogP contribution in [0.5, 0.6) is 0 Å². The maximum Gasteiger partial charge on any atom is 0.271 e. The first-order chi connectivity index (χ1) is 11.4. The van der Waals surface area contributed by atoms with Crippen molar-refractivity contribution >= 4 is 63.8 Å². The predicted octanol–water partition coefficient (Wildman–Crippen LogP) is 5.43. The molecule has 5 nitrogen and oxygen atoms in total. The Balaban J connectivity index is 1.92. The quantitative estimate of drug-likeness (QED) is 0.514. The summed E-state index contributed by atoms with van der Waals surface area (Å²) in [7, 11) is 0. The molecule has 0 aliphatic rings. The van der Waals surface area contributed by atoms with Crippen LogP contribution in [-0.4, -0.2) is 16.6 Å². The van der Waals surface area contributed by atoms with Gasteiger partial charge in [-0.15, -0.1) is 11.8 Å². The van der Waals surface area contributed by atoms with E-state index in [-0.39, 0.29) is 28.1 Å². The van der Waals surface area contributed by atoms with Gasteiger partial charge in [0, 0.05) is 27.9 Å². The lowest BCUT2D eigenvalue weighted by atomic mass is 10.2. The van der Waals surface area contributed by atoms with Gasteiger partial charge in [0.15, 0.2) is 0 Å². The molecule has 0 heterocycles. The Labute approximate surface area is 157 Å². The molecule has 0 spiro atoms. The lowest BCUT2D eigenvalue weighted by molar-refractivity contribution is -0.384. The number of thioether (sulfide) groups is 1. The molecule has 1 N–H and O–H groups in total. The van der Waals surface area contributed by atoms with Crippen LogP contribution in [0.4, 0.5) is 11.4 Å². The highest BCUT2D eigenvalue weighted by Crippen LogP contribution is 2.27. The van der Waals surface area contributed by atoms with Crippen LogP contribution in [0.25, 0.3) is 0 Å². The van der Waals surface area contributed by atoms with Gasteiger partial charge in [-0.05, 0) is 23.8 Å². The van der Waals surface area contributed by atoms with Crippen LogP contribution in [0.2, 0.25) is 15.1 Å². The van der Waals surface area contributed by atoms with E-state index in [1.54, 1.807) is 18.2 Å². The molecule has 2 rings (SSSR count). The largest absolute Gasteiger partial charge is 0.324 e. The fourth-order valence-electron chi connectivity index (χ4n) is 1.80. The molecule has 0 unspecified atom stereocenters. The normalized spacial score (nSPS) is 10.5. The van der Waals surface area contributed by atoms with Crippen molar-refractivity contribution in [1.82, 2.24) is 0 Å². The zero-order chi connectivity index (χ0) is 17.7. The first-order valence-corrected chi connectivity index (χ1v) is 8.91. The Morgan fingerprint density at radius 1 is 1.12 bits per heavy atom. The Bertz CT molecular complexity index is 787. The second kappa shape index (κ2) is 8.58. The average molecular weight is 406 g/mol. The minimum Gasteiger partial charge on any atom is -0.324 e. The number of carbonyl (C=O) groups is 1. The van der Waals surface area contributed by atoms with E-state index in [2.05, 4.69) is 5.32 Å². The zero-order valence-corrected chi connectivity index (χ0v) is 15.2. The van der Waals surface area contributed by atoms with E-state index in [1.807, 2.05) is 0 Å². The number of anilines is 1. The molecular weight excluding hydrogens is 395 g/mol. The average Bonchev–Trinajstić information content (AvgIpc) is 2.51.